The van der Waals surface area contributed by atoms with Crippen LogP contribution in [0.2, 0.25) is 0 Å². The quantitative estimate of drug-likeness (QED) is 0.665. The molecule has 0 heterocycles. The van der Waals surface area contributed by atoms with Crippen molar-refractivity contribution < 1.29 is 0 Å². The first kappa shape index (κ1) is 8.52. The molecule has 2 nitrogen and oxygen atoms in total. The van der Waals surface area contributed by atoms with Gasteiger partial charge in [-0.2, -0.15) is 0 Å². The van der Waals surface area contributed by atoms with Crippen molar-refractivity contribution in [3.05, 3.63) is 0 Å². The van der Waals surface area contributed by atoms with E-state index in [2.05, 4.69) is 12.2 Å². The third-order valence-corrected chi connectivity index (χ3v) is 3.39. The first-order valence-corrected chi connectivity index (χ1v) is 5.17. The van der Waals surface area contributed by atoms with Gasteiger partial charge in [0.25, 0.3) is 0 Å². The van der Waals surface area contributed by atoms with Gasteiger partial charge in [-0.1, -0.05) is 6.92 Å². The van der Waals surface area contributed by atoms with E-state index in [0.29, 0.717) is 11.5 Å². The molecule has 0 amide bonds. The lowest BCUT2D eigenvalue weighted by atomic mass is 10.1. The van der Waals surface area contributed by atoms with Crippen molar-refractivity contribution in [2.24, 2.45) is 11.1 Å². The number of nitrogens with two attached hydrogens (primary N) is 1. The summed E-state index contributed by atoms with van der Waals surface area (Å²) in [6.45, 7) is 3.58. The van der Waals surface area contributed by atoms with E-state index in [-0.39, 0.29) is 0 Å². The number of rotatable bonds is 3. The molecule has 2 rings (SSSR count). The molecule has 0 aromatic rings. The number of hydrogen-bond acceptors (Lipinski definition) is 2. The monoisotopic (exact) mass is 168 g/mol. The van der Waals surface area contributed by atoms with E-state index in [1.54, 1.807) is 0 Å². The second-order valence-electron chi connectivity index (χ2n) is 4.96. The lowest BCUT2D eigenvalue weighted by Crippen LogP contribution is -2.32. The normalized spacial score (nSPS) is 38.5. The van der Waals surface area contributed by atoms with E-state index in [1.165, 1.54) is 38.6 Å². The Kier molecular flexibility index (Phi) is 2.13. The molecule has 2 atom stereocenters. The van der Waals surface area contributed by atoms with Crippen molar-refractivity contribution in [3.63, 3.8) is 0 Å². The molecule has 0 bridgehead atoms. The van der Waals surface area contributed by atoms with Gasteiger partial charge in [-0.25, -0.2) is 0 Å². The molecule has 0 aliphatic heterocycles. The zero-order valence-electron chi connectivity index (χ0n) is 7.97. The van der Waals surface area contributed by atoms with Crippen molar-refractivity contribution in [3.8, 4) is 0 Å². The van der Waals surface area contributed by atoms with Gasteiger partial charge in [-0.05, 0) is 37.5 Å². The topological polar surface area (TPSA) is 38.0 Å². The molecule has 2 aliphatic rings. The Morgan fingerprint density at radius 1 is 1.42 bits per heavy atom. The van der Waals surface area contributed by atoms with Crippen molar-refractivity contribution in [2.75, 3.05) is 6.54 Å². The average molecular weight is 168 g/mol. The third kappa shape index (κ3) is 1.99. The highest BCUT2D eigenvalue weighted by Crippen LogP contribution is 2.44. The minimum absolute atomic E-state index is 0.467. The van der Waals surface area contributed by atoms with Gasteiger partial charge < -0.3 is 11.1 Å². The minimum Gasteiger partial charge on any atom is -0.328 e. The molecule has 0 saturated heterocycles. The highest BCUT2D eigenvalue weighted by molar-refractivity contribution is 4.92. The van der Waals surface area contributed by atoms with E-state index < -0.39 is 0 Å². The van der Waals surface area contributed by atoms with E-state index in [1.807, 2.05) is 0 Å². The van der Waals surface area contributed by atoms with Crippen LogP contribution in [-0.2, 0) is 0 Å². The third-order valence-electron chi connectivity index (χ3n) is 3.39. The van der Waals surface area contributed by atoms with Crippen molar-refractivity contribution >= 4 is 0 Å². The van der Waals surface area contributed by atoms with Crippen molar-refractivity contribution in [1.29, 1.82) is 0 Å². The van der Waals surface area contributed by atoms with Crippen LogP contribution in [0.1, 0.15) is 39.0 Å². The maximum atomic E-state index is 5.84. The molecule has 2 aliphatic carbocycles. The summed E-state index contributed by atoms with van der Waals surface area (Å²) in [6.07, 6.45) is 6.53. The van der Waals surface area contributed by atoms with Crippen LogP contribution in [0.15, 0.2) is 0 Å². The summed E-state index contributed by atoms with van der Waals surface area (Å²) < 4.78 is 0. The SMILES string of the molecule is CC1(CNC2CCC(N)C2)CC1. The fourth-order valence-electron chi connectivity index (χ4n) is 1.98. The highest BCUT2D eigenvalue weighted by Gasteiger charge is 2.37. The molecule has 2 saturated carbocycles. The summed E-state index contributed by atoms with van der Waals surface area (Å²) in [5.41, 5.74) is 6.49. The largest absolute Gasteiger partial charge is 0.328 e. The Labute approximate surface area is 74.9 Å². The molecule has 2 unspecified atom stereocenters. The Bertz CT molecular complexity index is 163. The molecule has 12 heavy (non-hydrogen) atoms. The van der Waals surface area contributed by atoms with Crippen LogP contribution in [0, 0.1) is 5.41 Å². The molecular weight excluding hydrogens is 148 g/mol. The summed E-state index contributed by atoms with van der Waals surface area (Å²) >= 11 is 0. The summed E-state index contributed by atoms with van der Waals surface area (Å²) in [5, 5.41) is 3.63. The molecule has 70 valence electrons. The molecule has 0 radical (unpaired) electrons. The van der Waals surface area contributed by atoms with E-state index in [0.717, 1.165) is 6.04 Å². The van der Waals surface area contributed by atoms with Crippen LogP contribution < -0.4 is 11.1 Å². The fourth-order valence-corrected chi connectivity index (χ4v) is 1.98. The van der Waals surface area contributed by atoms with Crippen LogP contribution in [0.3, 0.4) is 0 Å². The maximum absolute atomic E-state index is 5.84. The van der Waals surface area contributed by atoms with Gasteiger partial charge in [0.2, 0.25) is 0 Å². The van der Waals surface area contributed by atoms with Crippen molar-refractivity contribution in [2.45, 2.75) is 51.1 Å². The first-order chi connectivity index (χ1) is 5.68. The smallest absolute Gasteiger partial charge is 0.00825 e. The standard InChI is InChI=1S/C10H20N2/c1-10(4-5-10)7-12-9-3-2-8(11)6-9/h8-9,12H,2-7,11H2,1H3. The Hall–Kier alpha value is -0.0800. The lowest BCUT2D eigenvalue weighted by Gasteiger charge is -2.15. The summed E-state index contributed by atoms with van der Waals surface area (Å²) in [5.74, 6) is 0. The van der Waals surface area contributed by atoms with Gasteiger partial charge in [0.15, 0.2) is 0 Å². The predicted octanol–water partition coefficient (Wildman–Crippen LogP) is 1.26. The Balaban J connectivity index is 1.67. The van der Waals surface area contributed by atoms with Gasteiger partial charge in [-0.15, -0.1) is 0 Å². The van der Waals surface area contributed by atoms with E-state index in [4.69, 9.17) is 5.73 Å². The van der Waals surface area contributed by atoms with Crippen LogP contribution in [0.25, 0.3) is 0 Å². The van der Waals surface area contributed by atoms with Crippen molar-refractivity contribution in [1.82, 2.24) is 5.32 Å². The molecular formula is C10H20N2. The zero-order chi connectivity index (χ0) is 8.60. The minimum atomic E-state index is 0.467. The fraction of sp³-hybridized carbons (Fsp3) is 1.00. The second-order valence-corrected chi connectivity index (χ2v) is 4.96. The maximum Gasteiger partial charge on any atom is 0.00825 e. The van der Waals surface area contributed by atoms with E-state index >= 15 is 0 Å². The summed E-state index contributed by atoms with van der Waals surface area (Å²) in [4.78, 5) is 0. The summed E-state index contributed by atoms with van der Waals surface area (Å²) in [7, 11) is 0. The molecule has 2 heteroatoms. The van der Waals surface area contributed by atoms with Crippen LogP contribution in [0.4, 0.5) is 0 Å². The highest BCUT2D eigenvalue weighted by atomic mass is 14.9. The predicted molar refractivity (Wildman–Crippen MR) is 51.0 cm³/mol. The molecule has 2 fully saturated rings. The van der Waals surface area contributed by atoms with Gasteiger partial charge in [-0.3, -0.25) is 0 Å². The molecule has 0 spiro atoms. The van der Waals surface area contributed by atoms with Gasteiger partial charge >= 0.3 is 0 Å². The van der Waals surface area contributed by atoms with Gasteiger partial charge in [0.05, 0.1) is 0 Å². The van der Waals surface area contributed by atoms with Crippen LogP contribution >= 0.6 is 0 Å². The summed E-state index contributed by atoms with van der Waals surface area (Å²) in [6, 6.07) is 1.19. The molecule has 0 aromatic carbocycles. The van der Waals surface area contributed by atoms with Gasteiger partial charge in [0.1, 0.15) is 0 Å². The van der Waals surface area contributed by atoms with Crippen LogP contribution in [-0.4, -0.2) is 18.6 Å². The van der Waals surface area contributed by atoms with Gasteiger partial charge in [0, 0.05) is 18.6 Å². The Morgan fingerprint density at radius 2 is 2.17 bits per heavy atom. The molecule has 3 N–H and O–H groups in total. The Morgan fingerprint density at radius 3 is 2.67 bits per heavy atom. The average Bonchev–Trinajstić information content (AvgIpc) is 2.60. The lowest BCUT2D eigenvalue weighted by molar-refractivity contribution is 0.434. The second kappa shape index (κ2) is 3.00. The number of hydrogen-bond donors (Lipinski definition) is 2. The molecule has 0 aromatic heterocycles. The van der Waals surface area contributed by atoms with E-state index in [9.17, 15) is 0 Å². The zero-order valence-corrected chi connectivity index (χ0v) is 7.97. The first-order valence-electron chi connectivity index (χ1n) is 5.17. The number of nitrogens with one attached hydrogen (secondary N) is 1. The van der Waals surface area contributed by atoms with Crippen LogP contribution in [0.5, 0.6) is 0 Å².